The van der Waals surface area contributed by atoms with Crippen molar-refractivity contribution in [1.29, 1.82) is 0 Å². The summed E-state index contributed by atoms with van der Waals surface area (Å²) in [6.07, 6.45) is 0.372. The summed E-state index contributed by atoms with van der Waals surface area (Å²) in [5.41, 5.74) is 2.00. The van der Waals surface area contributed by atoms with E-state index in [1.807, 2.05) is 24.3 Å². The Kier molecular flexibility index (Phi) is 5.23. The minimum Gasteiger partial charge on any atom is -0.481 e. The zero-order chi connectivity index (χ0) is 15.2. The van der Waals surface area contributed by atoms with Crippen LogP contribution in [0.3, 0.4) is 0 Å². The number of ether oxygens (including phenoxy) is 1. The number of benzene rings is 2. The topological polar surface area (TPSA) is 38.3 Å². The molecule has 0 saturated heterocycles. The van der Waals surface area contributed by atoms with E-state index in [4.69, 9.17) is 16.3 Å². The summed E-state index contributed by atoms with van der Waals surface area (Å²) in [5.74, 6) is 0.380. The molecule has 3 nitrogen and oxygen atoms in total. The number of rotatable bonds is 5. The summed E-state index contributed by atoms with van der Waals surface area (Å²) < 4.78 is 5.58. The van der Waals surface area contributed by atoms with E-state index in [0.717, 1.165) is 12.1 Å². The lowest BCUT2D eigenvalue weighted by Crippen LogP contribution is -2.30. The molecule has 1 amide bonds. The Morgan fingerprint density at radius 2 is 1.95 bits per heavy atom. The smallest absolute Gasteiger partial charge is 0.265 e. The molecule has 0 saturated carbocycles. The van der Waals surface area contributed by atoms with E-state index in [1.165, 1.54) is 5.56 Å². The Morgan fingerprint density at radius 1 is 1.24 bits per heavy atom. The maximum atomic E-state index is 12.1. The normalized spacial score (nSPS) is 11.8. The lowest BCUT2D eigenvalue weighted by Gasteiger charge is -2.15. The van der Waals surface area contributed by atoms with Crippen LogP contribution in [0.2, 0.25) is 5.02 Å². The average molecular weight is 304 g/mol. The third-order valence-electron chi connectivity index (χ3n) is 3.11. The van der Waals surface area contributed by atoms with Gasteiger partial charge in [0.25, 0.3) is 5.91 Å². The van der Waals surface area contributed by atoms with Crippen molar-refractivity contribution in [3.8, 4) is 5.75 Å². The maximum absolute atomic E-state index is 12.1. The summed E-state index contributed by atoms with van der Waals surface area (Å²) in [6.45, 7) is 3.80. The molecular weight excluding hydrogens is 286 g/mol. The highest BCUT2D eigenvalue weighted by Crippen LogP contribution is 2.19. The molecule has 1 atom stereocenters. The van der Waals surface area contributed by atoms with Crippen LogP contribution in [0.4, 0.5) is 5.69 Å². The van der Waals surface area contributed by atoms with E-state index >= 15 is 0 Å². The molecule has 0 fully saturated rings. The van der Waals surface area contributed by atoms with Gasteiger partial charge in [-0.25, -0.2) is 0 Å². The molecular formula is C17H18ClNO2. The highest BCUT2D eigenvalue weighted by molar-refractivity contribution is 6.30. The van der Waals surface area contributed by atoms with Gasteiger partial charge in [0.15, 0.2) is 6.10 Å². The number of hydrogen-bond donors (Lipinski definition) is 1. The summed E-state index contributed by atoms with van der Waals surface area (Å²) in [7, 11) is 0. The van der Waals surface area contributed by atoms with E-state index in [0.29, 0.717) is 10.8 Å². The third kappa shape index (κ3) is 4.50. The van der Waals surface area contributed by atoms with Crippen LogP contribution in [0, 0.1) is 0 Å². The van der Waals surface area contributed by atoms with Crippen molar-refractivity contribution in [2.24, 2.45) is 0 Å². The third-order valence-corrected chi connectivity index (χ3v) is 3.34. The number of carbonyl (C=O) groups is 1. The van der Waals surface area contributed by atoms with Gasteiger partial charge in [-0.2, -0.15) is 0 Å². The molecule has 0 radical (unpaired) electrons. The number of halogens is 1. The van der Waals surface area contributed by atoms with Gasteiger partial charge in [0.2, 0.25) is 0 Å². The molecule has 1 unspecified atom stereocenters. The molecule has 0 aromatic heterocycles. The van der Waals surface area contributed by atoms with E-state index in [1.54, 1.807) is 31.2 Å². The number of hydrogen-bond acceptors (Lipinski definition) is 2. The van der Waals surface area contributed by atoms with Gasteiger partial charge in [0.1, 0.15) is 5.75 Å². The van der Waals surface area contributed by atoms with Crippen LogP contribution in [0.1, 0.15) is 19.4 Å². The highest BCUT2D eigenvalue weighted by Gasteiger charge is 2.14. The molecule has 0 heterocycles. The molecule has 110 valence electrons. The number of nitrogens with one attached hydrogen (secondary N) is 1. The van der Waals surface area contributed by atoms with Gasteiger partial charge in [-0.05, 0) is 49.2 Å². The second-order valence-electron chi connectivity index (χ2n) is 4.76. The zero-order valence-corrected chi connectivity index (χ0v) is 12.9. The van der Waals surface area contributed by atoms with Gasteiger partial charge >= 0.3 is 0 Å². The first-order valence-electron chi connectivity index (χ1n) is 6.90. The van der Waals surface area contributed by atoms with Gasteiger partial charge in [0, 0.05) is 10.7 Å². The first-order chi connectivity index (χ1) is 10.1. The Bertz CT molecular complexity index is 610. The molecule has 0 aliphatic heterocycles. The lowest BCUT2D eigenvalue weighted by atomic mass is 10.1. The number of aryl methyl sites for hydroxylation is 1. The number of anilines is 1. The largest absolute Gasteiger partial charge is 0.481 e. The zero-order valence-electron chi connectivity index (χ0n) is 12.1. The fraction of sp³-hybridized carbons (Fsp3) is 0.235. The fourth-order valence-corrected chi connectivity index (χ4v) is 2.05. The van der Waals surface area contributed by atoms with Crippen LogP contribution in [-0.2, 0) is 11.2 Å². The van der Waals surface area contributed by atoms with Crippen molar-refractivity contribution in [3.63, 3.8) is 0 Å². The molecule has 4 heteroatoms. The second kappa shape index (κ2) is 7.14. The first-order valence-corrected chi connectivity index (χ1v) is 7.28. The standard InChI is InChI=1S/C17H18ClNO2/c1-3-13-7-9-15(10-8-13)19-17(20)12(2)21-16-6-4-5-14(18)11-16/h4-12H,3H2,1-2H3,(H,19,20). The molecule has 21 heavy (non-hydrogen) atoms. The minimum atomic E-state index is -0.602. The van der Waals surface area contributed by atoms with E-state index in [-0.39, 0.29) is 5.91 Å². The van der Waals surface area contributed by atoms with Crippen molar-refractivity contribution >= 4 is 23.2 Å². The summed E-state index contributed by atoms with van der Waals surface area (Å²) in [5, 5.41) is 3.41. The molecule has 1 N–H and O–H groups in total. The highest BCUT2D eigenvalue weighted by atomic mass is 35.5. The van der Waals surface area contributed by atoms with Crippen LogP contribution >= 0.6 is 11.6 Å². The molecule has 2 rings (SSSR count). The molecule has 0 aliphatic carbocycles. The van der Waals surface area contributed by atoms with Gasteiger partial charge in [0.05, 0.1) is 0 Å². The van der Waals surface area contributed by atoms with Crippen molar-refractivity contribution in [2.45, 2.75) is 26.4 Å². The summed E-state index contributed by atoms with van der Waals surface area (Å²) in [6, 6.07) is 14.8. The van der Waals surface area contributed by atoms with Crippen LogP contribution in [0.15, 0.2) is 48.5 Å². The Morgan fingerprint density at radius 3 is 2.57 bits per heavy atom. The minimum absolute atomic E-state index is 0.195. The molecule has 2 aromatic rings. The summed E-state index contributed by atoms with van der Waals surface area (Å²) in [4.78, 5) is 12.1. The van der Waals surface area contributed by atoms with Crippen molar-refractivity contribution in [2.75, 3.05) is 5.32 Å². The predicted octanol–water partition coefficient (Wildman–Crippen LogP) is 4.31. The number of carbonyl (C=O) groups excluding carboxylic acids is 1. The predicted molar refractivity (Wildman–Crippen MR) is 86.0 cm³/mol. The SMILES string of the molecule is CCc1ccc(NC(=O)C(C)Oc2cccc(Cl)c2)cc1. The Balaban J connectivity index is 1.95. The molecule has 0 aliphatic rings. The maximum Gasteiger partial charge on any atom is 0.265 e. The van der Waals surface area contributed by atoms with Crippen LogP contribution in [-0.4, -0.2) is 12.0 Å². The van der Waals surface area contributed by atoms with Crippen LogP contribution in [0.5, 0.6) is 5.75 Å². The second-order valence-corrected chi connectivity index (χ2v) is 5.19. The average Bonchev–Trinajstić information content (AvgIpc) is 2.48. The van der Waals surface area contributed by atoms with Crippen LogP contribution in [0.25, 0.3) is 0 Å². The Labute approximate surface area is 129 Å². The van der Waals surface area contributed by atoms with E-state index in [2.05, 4.69) is 12.2 Å². The monoisotopic (exact) mass is 303 g/mol. The lowest BCUT2D eigenvalue weighted by molar-refractivity contribution is -0.122. The number of amides is 1. The fourth-order valence-electron chi connectivity index (χ4n) is 1.87. The van der Waals surface area contributed by atoms with Crippen LogP contribution < -0.4 is 10.1 Å². The van der Waals surface area contributed by atoms with Gasteiger partial charge in [-0.15, -0.1) is 0 Å². The summed E-state index contributed by atoms with van der Waals surface area (Å²) >= 11 is 5.89. The first kappa shape index (κ1) is 15.4. The van der Waals surface area contributed by atoms with Gasteiger partial charge in [-0.1, -0.05) is 36.7 Å². The Hall–Kier alpha value is -2.00. The quantitative estimate of drug-likeness (QED) is 0.894. The van der Waals surface area contributed by atoms with Crippen molar-refractivity contribution < 1.29 is 9.53 Å². The molecule has 0 spiro atoms. The molecule has 2 aromatic carbocycles. The van der Waals surface area contributed by atoms with Crippen molar-refractivity contribution in [1.82, 2.24) is 0 Å². The van der Waals surface area contributed by atoms with E-state index < -0.39 is 6.10 Å². The van der Waals surface area contributed by atoms with Crippen molar-refractivity contribution in [3.05, 3.63) is 59.1 Å². The van der Waals surface area contributed by atoms with Gasteiger partial charge < -0.3 is 10.1 Å². The molecule has 0 bridgehead atoms. The van der Waals surface area contributed by atoms with E-state index in [9.17, 15) is 4.79 Å². The van der Waals surface area contributed by atoms with Gasteiger partial charge in [-0.3, -0.25) is 4.79 Å².